The molecule has 13 nitrogen and oxygen atoms in total. The SMILES string of the molecule is CC(=O)c1cccc(C(=O)NNC(=O)C2Nc3ccc(cc3)/C(N)=N\COc3cc2ccc3OC(C)C)n1.O=C(O)C(F)(F)F. The summed E-state index contributed by atoms with van der Waals surface area (Å²) in [6.07, 6.45) is -5.20. The van der Waals surface area contributed by atoms with Crippen molar-refractivity contribution in [2.75, 3.05) is 12.0 Å². The van der Waals surface area contributed by atoms with Crippen LogP contribution in [0.4, 0.5) is 18.9 Å². The van der Waals surface area contributed by atoms with Crippen molar-refractivity contribution in [3.63, 3.8) is 0 Å². The van der Waals surface area contributed by atoms with Gasteiger partial charge in [0.25, 0.3) is 11.8 Å². The van der Waals surface area contributed by atoms with E-state index in [0.717, 1.165) is 0 Å². The highest BCUT2D eigenvalue weighted by Crippen LogP contribution is 2.33. The predicted molar refractivity (Wildman–Crippen MR) is 155 cm³/mol. The first-order chi connectivity index (χ1) is 21.1. The highest BCUT2D eigenvalue weighted by molar-refractivity contribution is 5.98. The number of aliphatic imine (C=N–C) groups is 1. The summed E-state index contributed by atoms with van der Waals surface area (Å²) >= 11 is 0. The van der Waals surface area contributed by atoms with Gasteiger partial charge in [-0.25, -0.2) is 14.8 Å². The number of alkyl halides is 3. The molecule has 3 heterocycles. The Morgan fingerprint density at radius 3 is 2.29 bits per heavy atom. The molecule has 0 aliphatic carbocycles. The first-order valence-electron chi connectivity index (χ1n) is 13.1. The molecule has 1 unspecified atom stereocenters. The van der Waals surface area contributed by atoms with Crippen LogP contribution in [0.1, 0.15) is 58.9 Å². The Morgan fingerprint density at radius 2 is 1.69 bits per heavy atom. The van der Waals surface area contributed by atoms with Crippen molar-refractivity contribution in [3.8, 4) is 11.5 Å². The van der Waals surface area contributed by atoms with Gasteiger partial charge in [0.1, 0.15) is 23.3 Å². The summed E-state index contributed by atoms with van der Waals surface area (Å²) in [7, 11) is 0. The van der Waals surface area contributed by atoms with Gasteiger partial charge in [0, 0.05) is 18.2 Å². The van der Waals surface area contributed by atoms with Gasteiger partial charge in [0.15, 0.2) is 24.0 Å². The number of hydrogen-bond acceptors (Lipinski definition) is 10. The molecular formula is C29H29F3N6O7. The predicted octanol–water partition coefficient (Wildman–Crippen LogP) is 3.37. The number of nitrogens with one attached hydrogen (secondary N) is 3. The van der Waals surface area contributed by atoms with E-state index in [-0.39, 0.29) is 30.0 Å². The van der Waals surface area contributed by atoms with Gasteiger partial charge >= 0.3 is 12.1 Å². The zero-order valence-corrected chi connectivity index (χ0v) is 24.1. The molecule has 0 fully saturated rings. The van der Waals surface area contributed by atoms with Crippen molar-refractivity contribution >= 4 is 35.1 Å². The van der Waals surface area contributed by atoms with Crippen molar-refractivity contribution < 1.29 is 46.9 Å². The molecule has 0 spiro atoms. The molecule has 1 aromatic heterocycles. The van der Waals surface area contributed by atoms with Crippen molar-refractivity contribution in [1.82, 2.24) is 15.8 Å². The molecule has 16 heteroatoms. The van der Waals surface area contributed by atoms with E-state index < -0.39 is 30.0 Å². The Labute approximate surface area is 254 Å². The maximum absolute atomic E-state index is 13.3. The fourth-order valence-corrected chi connectivity index (χ4v) is 3.65. The number of Topliss-reactive ketones (excluding diaryl/α,β-unsaturated/α-hetero) is 1. The molecule has 6 N–H and O–H groups in total. The van der Waals surface area contributed by atoms with Crippen molar-refractivity contribution in [2.45, 2.75) is 39.1 Å². The standard InChI is InChI=1S/C27H28N6O5.C2HF3O2/c1-15(2)38-22-12-9-18-13-23(22)37-14-29-25(28)17-7-10-19(11-8-17)30-24(18)27(36)33-32-26(35)21-6-4-5-20(31-21)16(3)34;3-2(4,5)1(6)7/h4-13,15,24,30H,14H2,1-3H3,(H2,28,29)(H,32,35)(H,33,36);(H,6,7). The number of amides is 2. The van der Waals surface area contributed by atoms with Gasteiger partial charge in [-0.3, -0.25) is 25.2 Å². The third-order valence-corrected chi connectivity index (χ3v) is 5.76. The number of carbonyl (C=O) groups is 4. The molecule has 0 radical (unpaired) electrons. The minimum atomic E-state index is -5.08. The molecule has 0 saturated heterocycles. The van der Waals surface area contributed by atoms with Crippen molar-refractivity contribution in [2.24, 2.45) is 10.7 Å². The van der Waals surface area contributed by atoms with Gasteiger partial charge in [0.05, 0.1) is 6.10 Å². The number of aromatic nitrogens is 1. The Bertz CT molecular complexity index is 1590. The van der Waals surface area contributed by atoms with E-state index >= 15 is 0 Å². The quantitative estimate of drug-likeness (QED) is 0.206. The topological polar surface area (TPSA) is 194 Å². The van der Waals surface area contributed by atoms with Crippen molar-refractivity contribution in [3.05, 3.63) is 83.2 Å². The number of rotatable bonds is 5. The van der Waals surface area contributed by atoms with E-state index in [0.29, 0.717) is 34.1 Å². The van der Waals surface area contributed by atoms with Gasteiger partial charge in [0.2, 0.25) is 0 Å². The summed E-state index contributed by atoms with van der Waals surface area (Å²) in [5.74, 6) is -3.10. The number of ether oxygens (including phenoxy) is 2. The number of carboxylic acid groups (broad SMARTS) is 1. The molecule has 1 atom stereocenters. The van der Waals surface area contributed by atoms with Gasteiger partial charge in [-0.2, -0.15) is 13.2 Å². The number of carbonyl (C=O) groups excluding carboxylic acids is 3. The van der Waals surface area contributed by atoms with Crippen LogP contribution >= 0.6 is 0 Å². The lowest BCUT2D eigenvalue weighted by molar-refractivity contribution is -0.192. The molecule has 2 aliphatic rings. The van der Waals surface area contributed by atoms with E-state index in [1.54, 1.807) is 48.5 Å². The molecule has 3 aromatic rings. The lowest BCUT2D eigenvalue weighted by Crippen LogP contribution is -2.45. The summed E-state index contributed by atoms with van der Waals surface area (Å²) in [6, 6.07) is 15.7. The van der Waals surface area contributed by atoms with E-state index in [4.69, 9.17) is 25.1 Å². The number of anilines is 1. The van der Waals surface area contributed by atoms with Crippen LogP contribution in [0.5, 0.6) is 11.5 Å². The zero-order valence-electron chi connectivity index (χ0n) is 24.1. The number of carboxylic acids is 1. The second kappa shape index (κ2) is 14.7. The molecule has 2 amide bonds. The lowest BCUT2D eigenvalue weighted by Gasteiger charge is -2.22. The normalized spacial score (nSPS) is 15.2. The van der Waals surface area contributed by atoms with Crippen LogP contribution in [0.25, 0.3) is 0 Å². The van der Waals surface area contributed by atoms with E-state index in [1.165, 1.54) is 19.1 Å². The fraction of sp³-hybridized carbons (Fsp3) is 0.241. The molecule has 2 aliphatic heterocycles. The second-order valence-electron chi connectivity index (χ2n) is 9.55. The number of hydrazine groups is 1. The number of hydrogen-bond donors (Lipinski definition) is 5. The number of nitrogens with zero attached hydrogens (tertiary/aromatic N) is 2. The number of ketones is 1. The van der Waals surface area contributed by atoms with Crippen molar-refractivity contribution in [1.29, 1.82) is 0 Å². The molecular weight excluding hydrogens is 601 g/mol. The van der Waals surface area contributed by atoms with E-state index in [1.807, 2.05) is 13.8 Å². The van der Waals surface area contributed by atoms with Crippen LogP contribution in [0.15, 0.2) is 65.7 Å². The summed E-state index contributed by atoms with van der Waals surface area (Å²) < 4.78 is 43.5. The highest BCUT2D eigenvalue weighted by atomic mass is 19.4. The largest absolute Gasteiger partial charge is 0.490 e. The monoisotopic (exact) mass is 630 g/mol. The van der Waals surface area contributed by atoms with Crippen LogP contribution in [0, 0.1) is 0 Å². The summed E-state index contributed by atoms with van der Waals surface area (Å²) in [5, 5.41) is 10.3. The number of pyridine rings is 1. The Hall–Kier alpha value is -5.67. The molecule has 5 rings (SSSR count). The third-order valence-electron chi connectivity index (χ3n) is 5.76. The first kappa shape index (κ1) is 33.8. The lowest BCUT2D eigenvalue weighted by atomic mass is 10.0. The number of fused-ring (bicyclic) bond motifs is 5. The molecule has 45 heavy (non-hydrogen) atoms. The fourth-order valence-electron chi connectivity index (χ4n) is 3.65. The number of aliphatic carboxylic acids is 1. The number of halogens is 3. The first-order valence-corrected chi connectivity index (χ1v) is 13.1. The zero-order chi connectivity index (χ0) is 33.3. The van der Waals surface area contributed by atoms with Crippen LogP contribution in [0.2, 0.25) is 0 Å². The minimum absolute atomic E-state index is 0.0139. The van der Waals surface area contributed by atoms with Crippen LogP contribution in [-0.2, 0) is 9.59 Å². The van der Waals surface area contributed by atoms with Gasteiger partial charge in [-0.05, 0) is 67.9 Å². The Morgan fingerprint density at radius 1 is 1.04 bits per heavy atom. The van der Waals surface area contributed by atoms with Crippen LogP contribution in [0.3, 0.4) is 0 Å². The summed E-state index contributed by atoms with van der Waals surface area (Å²) in [4.78, 5) is 54.8. The smallest absolute Gasteiger partial charge is 0.487 e. The molecule has 238 valence electrons. The van der Waals surface area contributed by atoms with E-state index in [2.05, 4.69) is 26.1 Å². The maximum atomic E-state index is 13.3. The Kier molecular flexibility index (Phi) is 11.0. The highest BCUT2D eigenvalue weighted by Gasteiger charge is 2.38. The summed E-state index contributed by atoms with van der Waals surface area (Å²) in [5.41, 5.74) is 12.9. The van der Waals surface area contributed by atoms with Gasteiger partial charge in [-0.15, -0.1) is 0 Å². The Balaban J connectivity index is 0.000000707. The van der Waals surface area contributed by atoms with Crippen LogP contribution < -0.4 is 31.4 Å². The summed E-state index contributed by atoms with van der Waals surface area (Å²) in [6.45, 7) is 5.07. The molecule has 2 aromatic carbocycles. The maximum Gasteiger partial charge on any atom is 0.490 e. The average molecular weight is 631 g/mol. The second-order valence-corrected chi connectivity index (χ2v) is 9.55. The number of benzene rings is 2. The van der Waals surface area contributed by atoms with Crippen LogP contribution in [-0.4, -0.2) is 58.5 Å². The van der Waals surface area contributed by atoms with Gasteiger partial charge < -0.3 is 25.6 Å². The van der Waals surface area contributed by atoms with E-state index in [9.17, 15) is 27.6 Å². The number of amidine groups is 1. The number of nitrogens with two attached hydrogens (primary N) is 1. The minimum Gasteiger partial charge on any atom is -0.487 e. The van der Waals surface area contributed by atoms with Gasteiger partial charge in [-0.1, -0.05) is 12.1 Å². The molecule has 4 bridgehead atoms. The average Bonchev–Trinajstić information content (AvgIpc) is 3.00. The molecule has 0 saturated carbocycles. The third kappa shape index (κ3) is 9.67.